The Kier molecular flexibility index (Phi) is 4.59. The van der Waals surface area contributed by atoms with Crippen molar-refractivity contribution < 1.29 is 10.1 Å². The lowest BCUT2D eigenvalue weighted by Gasteiger charge is -2.15. The van der Waals surface area contributed by atoms with Crippen molar-refractivity contribution in [3.8, 4) is 0 Å². The van der Waals surface area contributed by atoms with Gasteiger partial charge in [0.25, 0.3) is 5.91 Å². The van der Waals surface area contributed by atoms with Crippen LogP contribution in [0.4, 0.5) is 0 Å². The number of hydrogen-bond acceptors (Lipinski definition) is 1. The van der Waals surface area contributed by atoms with Gasteiger partial charge < -0.3 is 11.1 Å². The molecule has 1 aromatic carbocycles. The molecule has 0 heterocycles. The number of rotatable bonds is 4. The Bertz CT molecular complexity index is 396. The molecule has 5 heteroatoms. The summed E-state index contributed by atoms with van der Waals surface area (Å²) in [7, 11) is 0. The zero-order valence-electron chi connectivity index (χ0n) is 9.21. The van der Waals surface area contributed by atoms with Gasteiger partial charge in [0.15, 0.2) is 6.04 Å². The summed E-state index contributed by atoms with van der Waals surface area (Å²) in [6, 6.07) is 5.12. The van der Waals surface area contributed by atoms with Gasteiger partial charge in [0.2, 0.25) is 0 Å². The highest BCUT2D eigenvalue weighted by molar-refractivity contribution is 6.35. The molecular formula is C11H15Cl2N2O+. The number of amides is 1. The first-order valence-electron chi connectivity index (χ1n) is 5.01. The molecule has 2 atom stereocenters. The molecule has 1 rings (SSSR count). The highest BCUT2D eigenvalue weighted by Gasteiger charge is 2.19. The first-order valence-corrected chi connectivity index (χ1v) is 5.76. The fraction of sp³-hybridized carbons (Fsp3) is 0.364. The van der Waals surface area contributed by atoms with Crippen LogP contribution in [0.25, 0.3) is 0 Å². The van der Waals surface area contributed by atoms with Gasteiger partial charge in [0.1, 0.15) is 6.04 Å². The molecule has 0 radical (unpaired) electrons. The maximum absolute atomic E-state index is 10.9. The van der Waals surface area contributed by atoms with Crippen LogP contribution < -0.4 is 11.1 Å². The maximum atomic E-state index is 10.9. The van der Waals surface area contributed by atoms with E-state index < -0.39 is 0 Å². The van der Waals surface area contributed by atoms with E-state index in [0.29, 0.717) is 10.0 Å². The van der Waals surface area contributed by atoms with Gasteiger partial charge in [0.05, 0.1) is 5.02 Å². The van der Waals surface area contributed by atoms with Crippen LogP contribution in [0, 0.1) is 0 Å². The van der Waals surface area contributed by atoms with Crippen LogP contribution in [-0.4, -0.2) is 11.9 Å². The van der Waals surface area contributed by atoms with E-state index in [4.69, 9.17) is 28.9 Å². The molecule has 16 heavy (non-hydrogen) atoms. The molecule has 0 spiro atoms. The van der Waals surface area contributed by atoms with Crippen LogP contribution >= 0.6 is 23.2 Å². The summed E-state index contributed by atoms with van der Waals surface area (Å²) in [6.45, 7) is 3.73. The SMILES string of the molecule is C[C@H]([NH2+][C@H](C)C(N)=O)c1ccc(Cl)cc1Cl. The number of halogens is 2. The minimum Gasteiger partial charge on any atom is -0.365 e. The van der Waals surface area contributed by atoms with Crippen molar-refractivity contribution in [1.82, 2.24) is 0 Å². The fourth-order valence-electron chi connectivity index (χ4n) is 1.50. The number of hydrogen-bond donors (Lipinski definition) is 2. The van der Waals surface area contributed by atoms with Crippen LogP contribution in [0.5, 0.6) is 0 Å². The van der Waals surface area contributed by atoms with Gasteiger partial charge in [-0.05, 0) is 26.0 Å². The van der Waals surface area contributed by atoms with Gasteiger partial charge in [-0.3, -0.25) is 4.79 Å². The molecule has 0 fully saturated rings. The minimum absolute atomic E-state index is 0.0623. The van der Waals surface area contributed by atoms with E-state index in [1.807, 2.05) is 18.3 Å². The number of carbonyl (C=O) groups is 1. The summed E-state index contributed by atoms with van der Waals surface area (Å²) >= 11 is 11.9. The highest BCUT2D eigenvalue weighted by Crippen LogP contribution is 2.24. The average Bonchev–Trinajstić information content (AvgIpc) is 2.16. The molecular weight excluding hydrogens is 247 g/mol. The van der Waals surface area contributed by atoms with Crippen molar-refractivity contribution in [1.29, 1.82) is 0 Å². The molecule has 0 saturated carbocycles. The third kappa shape index (κ3) is 3.37. The topological polar surface area (TPSA) is 59.7 Å². The highest BCUT2D eigenvalue weighted by atomic mass is 35.5. The standard InChI is InChI=1S/C11H14Cl2N2O/c1-6(15-7(2)11(14)16)9-4-3-8(12)5-10(9)13/h3-7,15H,1-2H3,(H2,14,16)/p+1/t6-,7+/m0/s1. The molecule has 4 N–H and O–H groups in total. The van der Waals surface area contributed by atoms with E-state index >= 15 is 0 Å². The first kappa shape index (κ1) is 13.3. The second-order valence-corrected chi connectivity index (χ2v) is 4.68. The molecule has 0 unspecified atom stereocenters. The van der Waals surface area contributed by atoms with Crippen molar-refractivity contribution in [3.63, 3.8) is 0 Å². The molecule has 88 valence electrons. The van der Waals surface area contributed by atoms with Gasteiger partial charge in [0, 0.05) is 10.6 Å². The van der Waals surface area contributed by atoms with Crippen molar-refractivity contribution in [2.45, 2.75) is 25.9 Å². The molecule has 1 aromatic rings. The van der Waals surface area contributed by atoms with E-state index in [-0.39, 0.29) is 18.0 Å². The Morgan fingerprint density at radius 1 is 1.38 bits per heavy atom. The Balaban J connectivity index is 2.80. The quantitative estimate of drug-likeness (QED) is 0.848. The fourth-order valence-corrected chi connectivity index (χ4v) is 2.08. The molecule has 0 bridgehead atoms. The number of benzene rings is 1. The smallest absolute Gasteiger partial charge is 0.275 e. The molecule has 3 nitrogen and oxygen atoms in total. The zero-order valence-corrected chi connectivity index (χ0v) is 10.7. The summed E-state index contributed by atoms with van der Waals surface area (Å²) in [5.41, 5.74) is 6.14. The lowest BCUT2D eigenvalue weighted by molar-refractivity contribution is -0.710. The minimum atomic E-state index is -0.336. The number of quaternary nitrogens is 1. The van der Waals surface area contributed by atoms with Gasteiger partial charge in [-0.2, -0.15) is 0 Å². The van der Waals surface area contributed by atoms with E-state index in [9.17, 15) is 4.79 Å². The second kappa shape index (κ2) is 5.53. The third-order valence-corrected chi connectivity index (χ3v) is 3.04. The number of nitrogens with two attached hydrogens (primary N) is 2. The van der Waals surface area contributed by atoms with Crippen molar-refractivity contribution >= 4 is 29.1 Å². The largest absolute Gasteiger partial charge is 0.365 e. The second-order valence-electron chi connectivity index (χ2n) is 3.84. The molecule has 0 saturated heterocycles. The molecule has 0 aliphatic carbocycles. The Hall–Kier alpha value is -0.770. The predicted molar refractivity (Wildman–Crippen MR) is 65.5 cm³/mol. The van der Waals surface area contributed by atoms with Crippen molar-refractivity contribution in [2.24, 2.45) is 5.73 Å². The summed E-state index contributed by atoms with van der Waals surface area (Å²) in [5.74, 6) is -0.336. The van der Waals surface area contributed by atoms with Crippen LogP contribution in [0.15, 0.2) is 18.2 Å². The summed E-state index contributed by atoms with van der Waals surface area (Å²) in [5, 5.41) is 3.08. The number of primary amides is 1. The van der Waals surface area contributed by atoms with Crippen molar-refractivity contribution in [2.75, 3.05) is 0 Å². The summed E-state index contributed by atoms with van der Waals surface area (Å²) in [6.07, 6.45) is 0. The maximum Gasteiger partial charge on any atom is 0.275 e. The lowest BCUT2D eigenvalue weighted by atomic mass is 10.1. The van der Waals surface area contributed by atoms with E-state index in [2.05, 4.69) is 0 Å². The lowest BCUT2D eigenvalue weighted by Crippen LogP contribution is -2.92. The van der Waals surface area contributed by atoms with E-state index in [1.165, 1.54) is 0 Å². The van der Waals surface area contributed by atoms with Gasteiger partial charge in [-0.15, -0.1) is 0 Å². The van der Waals surface area contributed by atoms with Crippen molar-refractivity contribution in [3.05, 3.63) is 33.8 Å². The monoisotopic (exact) mass is 261 g/mol. The van der Waals surface area contributed by atoms with Crippen LogP contribution in [0.1, 0.15) is 25.5 Å². The average molecular weight is 262 g/mol. The molecule has 0 aromatic heterocycles. The van der Waals surface area contributed by atoms with Gasteiger partial charge in [-0.25, -0.2) is 0 Å². The van der Waals surface area contributed by atoms with E-state index in [0.717, 1.165) is 5.56 Å². The zero-order chi connectivity index (χ0) is 12.3. The Labute approximate surface area is 105 Å². The van der Waals surface area contributed by atoms with Crippen LogP contribution in [0.2, 0.25) is 10.0 Å². The van der Waals surface area contributed by atoms with Crippen LogP contribution in [0.3, 0.4) is 0 Å². The molecule has 0 aliphatic heterocycles. The normalized spacial score (nSPS) is 14.5. The first-order chi connectivity index (χ1) is 7.41. The van der Waals surface area contributed by atoms with E-state index in [1.54, 1.807) is 19.1 Å². The summed E-state index contributed by atoms with van der Waals surface area (Å²) in [4.78, 5) is 10.9. The summed E-state index contributed by atoms with van der Waals surface area (Å²) < 4.78 is 0. The predicted octanol–water partition coefficient (Wildman–Crippen LogP) is 1.49. The molecule has 0 aliphatic rings. The van der Waals surface area contributed by atoms with Gasteiger partial charge in [-0.1, -0.05) is 29.3 Å². The van der Waals surface area contributed by atoms with Gasteiger partial charge >= 0.3 is 0 Å². The third-order valence-electron chi connectivity index (χ3n) is 2.48. The Morgan fingerprint density at radius 3 is 2.50 bits per heavy atom. The Morgan fingerprint density at radius 2 is 2.00 bits per heavy atom. The molecule has 1 amide bonds. The van der Waals surface area contributed by atoms with Crippen LogP contribution in [-0.2, 0) is 4.79 Å². The number of carbonyl (C=O) groups excluding carboxylic acids is 1.